The van der Waals surface area contributed by atoms with Crippen LogP contribution < -0.4 is 11.1 Å². The topological polar surface area (TPSA) is 78.7 Å². The molecule has 1 heterocycles. The summed E-state index contributed by atoms with van der Waals surface area (Å²) in [4.78, 5) is 27.8. The summed E-state index contributed by atoms with van der Waals surface area (Å²) in [6.07, 6.45) is 0. The van der Waals surface area contributed by atoms with Gasteiger partial charge >= 0.3 is 0 Å². The van der Waals surface area contributed by atoms with Crippen LogP contribution in [0.25, 0.3) is 0 Å². The van der Waals surface area contributed by atoms with E-state index in [9.17, 15) is 14.0 Å². The molecule has 7 heteroatoms. The lowest BCUT2D eigenvalue weighted by Crippen LogP contribution is -2.52. The summed E-state index contributed by atoms with van der Waals surface area (Å²) < 4.78 is 12.8. The van der Waals surface area contributed by atoms with E-state index < -0.39 is 0 Å². The first-order chi connectivity index (χ1) is 11.0. The predicted molar refractivity (Wildman–Crippen MR) is 86.3 cm³/mol. The second-order valence-electron chi connectivity index (χ2n) is 5.79. The smallest absolute Gasteiger partial charge is 0.238 e. The van der Waals surface area contributed by atoms with Crippen molar-refractivity contribution in [2.75, 3.05) is 44.6 Å². The molecule has 1 unspecified atom stereocenters. The normalized spacial score (nSPS) is 16.9. The van der Waals surface area contributed by atoms with Crippen LogP contribution in [0, 0.1) is 11.7 Å². The molecule has 1 aliphatic heterocycles. The monoisotopic (exact) mass is 322 g/mol. The Morgan fingerprint density at radius 3 is 2.39 bits per heavy atom. The molecule has 1 atom stereocenters. The minimum Gasteiger partial charge on any atom is -0.340 e. The van der Waals surface area contributed by atoms with Gasteiger partial charge in [0.1, 0.15) is 5.82 Å². The Balaban J connectivity index is 1.76. The molecule has 0 saturated carbocycles. The largest absolute Gasteiger partial charge is 0.340 e. The van der Waals surface area contributed by atoms with Gasteiger partial charge in [0.2, 0.25) is 11.8 Å². The molecule has 23 heavy (non-hydrogen) atoms. The lowest BCUT2D eigenvalue weighted by Gasteiger charge is -2.35. The molecule has 126 valence electrons. The number of hydrogen-bond acceptors (Lipinski definition) is 4. The van der Waals surface area contributed by atoms with Crippen LogP contribution in [-0.4, -0.2) is 60.9 Å². The van der Waals surface area contributed by atoms with Crippen molar-refractivity contribution >= 4 is 17.5 Å². The number of piperazine rings is 1. The van der Waals surface area contributed by atoms with Crippen LogP contribution in [0.2, 0.25) is 0 Å². The van der Waals surface area contributed by atoms with Crippen LogP contribution in [0.15, 0.2) is 24.3 Å². The van der Waals surface area contributed by atoms with Gasteiger partial charge in [-0.05, 0) is 24.3 Å². The maximum atomic E-state index is 12.8. The number of halogens is 1. The molecule has 0 aliphatic carbocycles. The van der Waals surface area contributed by atoms with Crippen LogP contribution in [0.3, 0.4) is 0 Å². The minimum absolute atomic E-state index is 0.0721. The van der Waals surface area contributed by atoms with E-state index in [1.807, 2.05) is 11.8 Å². The number of anilines is 1. The lowest BCUT2D eigenvalue weighted by molar-refractivity contribution is -0.136. The molecular weight excluding hydrogens is 299 g/mol. The Bertz CT molecular complexity index is 542. The molecule has 1 aliphatic rings. The summed E-state index contributed by atoms with van der Waals surface area (Å²) in [5, 5.41) is 2.73. The van der Waals surface area contributed by atoms with Gasteiger partial charge in [-0.2, -0.15) is 0 Å². The van der Waals surface area contributed by atoms with E-state index >= 15 is 0 Å². The molecule has 2 amide bonds. The summed E-state index contributed by atoms with van der Waals surface area (Å²) in [5.41, 5.74) is 6.09. The fourth-order valence-corrected chi connectivity index (χ4v) is 2.48. The van der Waals surface area contributed by atoms with Crippen LogP contribution in [0.5, 0.6) is 0 Å². The molecule has 1 aromatic rings. The molecular formula is C16H23FN4O2. The van der Waals surface area contributed by atoms with Crippen LogP contribution in [0.1, 0.15) is 6.92 Å². The van der Waals surface area contributed by atoms with E-state index in [-0.39, 0.29) is 30.1 Å². The first kappa shape index (κ1) is 17.4. The summed E-state index contributed by atoms with van der Waals surface area (Å²) in [6, 6.07) is 5.66. The number of carbonyl (C=O) groups excluding carboxylic acids is 2. The van der Waals surface area contributed by atoms with Crippen molar-refractivity contribution in [1.29, 1.82) is 0 Å². The van der Waals surface area contributed by atoms with Gasteiger partial charge < -0.3 is 16.0 Å². The third kappa shape index (κ3) is 5.01. The average Bonchev–Trinajstić information content (AvgIpc) is 2.56. The summed E-state index contributed by atoms with van der Waals surface area (Å²) in [6.45, 7) is 4.94. The number of hydrogen-bond donors (Lipinski definition) is 2. The standard InChI is InChI=1S/C16H23FN4O2/c1-12(10-18)16(23)21-8-6-20(7-9-21)11-15(22)19-14-4-2-13(17)3-5-14/h2-5,12H,6-11,18H2,1H3,(H,19,22). The Labute approximate surface area is 135 Å². The van der Waals surface area contributed by atoms with Crippen molar-refractivity contribution in [3.8, 4) is 0 Å². The summed E-state index contributed by atoms with van der Waals surface area (Å²) in [5.74, 6) is -0.576. The fourth-order valence-electron chi connectivity index (χ4n) is 2.48. The van der Waals surface area contributed by atoms with Gasteiger partial charge in [0.15, 0.2) is 0 Å². The molecule has 0 bridgehead atoms. The fraction of sp³-hybridized carbons (Fsp3) is 0.500. The van der Waals surface area contributed by atoms with Gasteiger partial charge in [0, 0.05) is 44.3 Å². The van der Waals surface area contributed by atoms with E-state index in [1.54, 1.807) is 4.90 Å². The first-order valence-corrected chi connectivity index (χ1v) is 7.76. The highest BCUT2D eigenvalue weighted by atomic mass is 19.1. The third-order valence-electron chi connectivity index (χ3n) is 3.95. The minimum atomic E-state index is -0.338. The molecule has 0 radical (unpaired) electrons. The zero-order valence-electron chi connectivity index (χ0n) is 13.3. The maximum Gasteiger partial charge on any atom is 0.238 e. The van der Waals surface area contributed by atoms with Crippen molar-refractivity contribution < 1.29 is 14.0 Å². The lowest BCUT2D eigenvalue weighted by atomic mass is 10.1. The number of amides is 2. The molecule has 2 rings (SSSR count). The predicted octanol–water partition coefficient (Wildman–Crippen LogP) is 0.503. The number of rotatable bonds is 5. The van der Waals surface area contributed by atoms with Crippen molar-refractivity contribution in [3.05, 3.63) is 30.1 Å². The van der Waals surface area contributed by atoms with Gasteiger partial charge in [-0.1, -0.05) is 6.92 Å². The first-order valence-electron chi connectivity index (χ1n) is 7.76. The highest BCUT2D eigenvalue weighted by Gasteiger charge is 2.24. The van der Waals surface area contributed by atoms with Gasteiger partial charge in [-0.15, -0.1) is 0 Å². The van der Waals surface area contributed by atoms with E-state index in [2.05, 4.69) is 5.32 Å². The number of nitrogens with zero attached hydrogens (tertiary/aromatic N) is 2. The number of carbonyl (C=O) groups is 2. The van der Waals surface area contributed by atoms with E-state index in [0.29, 0.717) is 38.4 Å². The summed E-state index contributed by atoms with van der Waals surface area (Å²) in [7, 11) is 0. The second kappa shape index (κ2) is 8.03. The quantitative estimate of drug-likeness (QED) is 0.828. The molecule has 0 aromatic heterocycles. The highest BCUT2D eigenvalue weighted by Crippen LogP contribution is 2.10. The molecule has 6 nitrogen and oxygen atoms in total. The number of benzene rings is 1. The number of nitrogens with one attached hydrogen (secondary N) is 1. The van der Waals surface area contributed by atoms with Gasteiger partial charge in [0.25, 0.3) is 0 Å². The number of nitrogens with two attached hydrogens (primary N) is 1. The average molecular weight is 322 g/mol. The van der Waals surface area contributed by atoms with Crippen LogP contribution in [-0.2, 0) is 9.59 Å². The molecule has 3 N–H and O–H groups in total. The van der Waals surface area contributed by atoms with Crippen LogP contribution in [0.4, 0.5) is 10.1 Å². The SMILES string of the molecule is CC(CN)C(=O)N1CCN(CC(=O)Nc2ccc(F)cc2)CC1. The van der Waals surface area contributed by atoms with Crippen molar-refractivity contribution in [1.82, 2.24) is 9.80 Å². The zero-order chi connectivity index (χ0) is 16.8. The molecule has 1 fully saturated rings. The van der Waals surface area contributed by atoms with Gasteiger partial charge in [0.05, 0.1) is 6.54 Å². The molecule has 0 spiro atoms. The van der Waals surface area contributed by atoms with Crippen molar-refractivity contribution in [2.45, 2.75) is 6.92 Å². The van der Waals surface area contributed by atoms with Crippen molar-refractivity contribution in [2.24, 2.45) is 11.7 Å². The maximum absolute atomic E-state index is 12.8. The Kier molecular flexibility index (Phi) is 6.06. The highest BCUT2D eigenvalue weighted by molar-refractivity contribution is 5.92. The van der Waals surface area contributed by atoms with Gasteiger partial charge in [-0.3, -0.25) is 14.5 Å². The van der Waals surface area contributed by atoms with E-state index in [0.717, 1.165) is 0 Å². The Morgan fingerprint density at radius 2 is 1.83 bits per heavy atom. The zero-order valence-corrected chi connectivity index (χ0v) is 13.3. The molecule has 1 saturated heterocycles. The summed E-state index contributed by atoms with van der Waals surface area (Å²) >= 11 is 0. The van der Waals surface area contributed by atoms with Gasteiger partial charge in [-0.25, -0.2) is 4.39 Å². The second-order valence-corrected chi connectivity index (χ2v) is 5.79. The van der Waals surface area contributed by atoms with E-state index in [4.69, 9.17) is 5.73 Å². The Hall–Kier alpha value is -1.99. The van der Waals surface area contributed by atoms with Crippen molar-refractivity contribution in [3.63, 3.8) is 0 Å². The molecule has 1 aromatic carbocycles. The van der Waals surface area contributed by atoms with Crippen LogP contribution >= 0.6 is 0 Å². The van der Waals surface area contributed by atoms with E-state index in [1.165, 1.54) is 24.3 Å². The third-order valence-corrected chi connectivity index (χ3v) is 3.95. The Morgan fingerprint density at radius 1 is 1.22 bits per heavy atom.